The Morgan fingerprint density at radius 1 is 1.50 bits per heavy atom. The van der Waals surface area contributed by atoms with E-state index >= 15 is 0 Å². The van der Waals surface area contributed by atoms with Crippen LogP contribution in [0.2, 0.25) is 0 Å². The van der Waals surface area contributed by atoms with Crippen LogP contribution in [-0.4, -0.2) is 39.5 Å². The summed E-state index contributed by atoms with van der Waals surface area (Å²) in [7, 11) is -1.38. The van der Waals surface area contributed by atoms with Crippen LogP contribution in [0.1, 0.15) is 11.1 Å². The van der Waals surface area contributed by atoms with Crippen LogP contribution < -0.4 is 5.46 Å². The quantitative estimate of drug-likeness (QED) is 0.524. The number of amides is 1. The molecule has 7 heteroatoms. The smallest absolute Gasteiger partial charge is 0.479 e. The molecule has 6 nitrogen and oxygen atoms in total. The van der Waals surface area contributed by atoms with Crippen LogP contribution in [0.4, 0.5) is 4.79 Å². The predicted molar refractivity (Wildman–Crippen MR) is 57.9 cm³/mol. The van der Waals surface area contributed by atoms with Crippen molar-refractivity contribution in [3.63, 3.8) is 0 Å². The highest BCUT2D eigenvalue weighted by molar-refractivity contribution is 6.68. The first-order valence-electron chi connectivity index (χ1n) is 4.59. The lowest BCUT2D eigenvalue weighted by atomic mass is 9.67. The Kier molecular flexibility index (Phi) is 2.32. The van der Waals surface area contributed by atoms with Crippen LogP contribution in [0, 0.1) is 6.92 Å². The van der Waals surface area contributed by atoms with Gasteiger partial charge in [-0.1, -0.05) is 6.07 Å². The van der Waals surface area contributed by atoms with E-state index in [0.29, 0.717) is 21.5 Å². The number of benzene rings is 1. The van der Waals surface area contributed by atoms with Gasteiger partial charge in [-0.05, 0) is 29.6 Å². The second-order valence-corrected chi connectivity index (χ2v) is 3.46. The zero-order valence-corrected chi connectivity index (χ0v) is 8.45. The van der Waals surface area contributed by atoms with E-state index in [0.717, 1.165) is 0 Å². The summed E-state index contributed by atoms with van der Waals surface area (Å²) in [6.07, 6.45) is -0.0139. The molecule has 1 aliphatic rings. The van der Waals surface area contributed by atoms with Crippen LogP contribution >= 0.6 is 0 Å². The first-order valence-corrected chi connectivity index (χ1v) is 4.59. The largest absolute Gasteiger partial charge is 0.508 e. The van der Waals surface area contributed by atoms with E-state index in [1.165, 1.54) is 12.3 Å². The van der Waals surface area contributed by atoms with Gasteiger partial charge in [-0.2, -0.15) is 5.10 Å². The Labute approximate surface area is 91.6 Å². The van der Waals surface area contributed by atoms with Gasteiger partial charge in [0, 0.05) is 0 Å². The molecule has 2 rings (SSSR count). The minimum atomic E-state index is -1.38. The van der Waals surface area contributed by atoms with E-state index in [2.05, 4.69) is 5.10 Å². The molecule has 1 amide bonds. The molecule has 82 valence electrons. The Balaban J connectivity index is 2.57. The van der Waals surface area contributed by atoms with Gasteiger partial charge < -0.3 is 15.2 Å². The molecule has 0 fully saturated rings. The minimum absolute atomic E-state index is 0.0124. The van der Waals surface area contributed by atoms with Crippen molar-refractivity contribution in [3.8, 4) is 5.75 Å². The molecule has 1 aromatic rings. The zero-order chi connectivity index (χ0) is 11.9. The highest BCUT2D eigenvalue weighted by Crippen LogP contribution is 2.18. The number of hydrazone groups is 1. The highest BCUT2D eigenvalue weighted by Gasteiger charge is 2.35. The van der Waals surface area contributed by atoms with E-state index in [9.17, 15) is 14.9 Å². The molecule has 0 bridgehead atoms. The molecule has 0 aromatic heterocycles. The van der Waals surface area contributed by atoms with E-state index in [-0.39, 0.29) is 5.75 Å². The average Bonchev–Trinajstić information content (AvgIpc) is 2.23. The van der Waals surface area contributed by atoms with Gasteiger partial charge in [0.05, 0.1) is 6.21 Å². The predicted octanol–water partition coefficient (Wildman–Crippen LogP) is -0.284. The molecular weight excluding hydrogens is 211 g/mol. The molecule has 0 spiro atoms. The van der Waals surface area contributed by atoms with E-state index < -0.39 is 13.1 Å². The third-order valence-electron chi connectivity index (χ3n) is 2.53. The van der Waals surface area contributed by atoms with Gasteiger partial charge in [0.15, 0.2) is 0 Å². The monoisotopic (exact) mass is 220 g/mol. The SMILES string of the molecule is Cc1c(O)ccc2c1B(O)N(C(=O)O)N=C2. The standard InChI is InChI=1S/C9H9BN2O4/c1-5-7(13)3-2-6-4-11-12(9(14)15)10(16)8(5)6/h2-4,13,16H,1H3,(H,14,15). The van der Waals surface area contributed by atoms with Gasteiger partial charge in [-0.25, -0.2) is 9.71 Å². The Morgan fingerprint density at radius 3 is 2.81 bits per heavy atom. The molecule has 0 saturated carbocycles. The first-order chi connectivity index (χ1) is 7.52. The molecule has 0 atom stereocenters. The Hall–Kier alpha value is -2.02. The maximum Gasteiger partial charge on any atom is 0.479 e. The molecule has 16 heavy (non-hydrogen) atoms. The Bertz CT molecular complexity index is 489. The third-order valence-corrected chi connectivity index (χ3v) is 2.53. The van der Waals surface area contributed by atoms with Crippen LogP contribution in [0.25, 0.3) is 0 Å². The molecule has 0 saturated heterocycles. The summed E-state index contributed by atoms with van der Waals surface area (Å²) in [5.41, 5.74) is 1.40. The molecule has 0 unspecified atom stereocenters. The zero-order valence-electron chi connectivity index (χ0n) is 8.45. The minimum Gasteiger partial charge on any atom is -0.508 e. The number of hydrogen-bond acceptors (Lipinski definition) is 4. The highest BCUT2D eigenvalue weighted by atomic mass is 16.4. The molecular formula is C9H9BN2O4. The lowest BCUT2D eigenvalue weighted by Crippen LogP contribution is -2.52. The van der Waals surface area contributed by atoms with E-state index in [1.807, 2.05) is 0 Å². The van der Waals surface area contributed by atoms with Crippen LogP contribution in [-0.2, 0) is 0 Å². The molecule has 1 aliphatic heterocycles. The van der Waals surface area contributed by atoms with Gasteiger partial charge in [-0.15, -0.1) is 0 Å². The number of phenolic OH excluding ortho intramolecular Hbond substituents is 1. The number of phenols is 1. The first kappa shape index (κ1) is 10.5. The number of rotatable bonds is 0. The van der Waals surface area contributed by atoms with Crippen molar-refractivity contribution in [2.45, 2.75) is 6.92 Å². The average molecular weight is 220 g/mol. The van der Waals surface area contributed by atoms with Crippen LogP contribution in [0.15, 0.2) is 17.2 Å². The van der Waals surface area contributed by atoms with Gasteiger partial charge in [0.2, 0.25) is 0 Å². The molecule has 3 N–H and O–H groups in total. The van der Waals surface area contributed by atoms with Crippen molar-refractivity contribution >= 4 is 24.8 Å². The Morgan fingerprint density at radius 2 is 2.19 bits per heavy atom. The number of hydrogen-bond donors (Lipinski definition) is 3. The summed E-state index contributed by atoms with van der Waals surface area (Å²) in [6, 6.07) is 3.05. The summed E-state index contributed by atoms with van der Waals surface area (Å²) in [5.74, 6) is 0.0124. The fourth-order valence-electron chi connectivity index (χ4n) is 1.66. The second-order valence-electron chi connectivity index (χ2n) is 3.46. The van der Waals surface area contributed by atoms with Crippen molar-refractivity contribution in [3.05, 3.63) is 23.3 Å². The topological polar surface area (TPSA) is 93.4 Å². The second kappa shape index (κ2) is 3.53. The maximum absolute atomic E-state index is 10.8. The fourth-order valence-corrected chi connectivity index (χ4v) is 1.66. The lowest BCUT2D eigenvalue weighted by molar-refractivity contribution is 0.168. The maximum atomic E-state index is 10.8. The van der Waals surface area contributed by atoms with Crippen molar-refractivity contribution in [2.24, 2.45) is 5.10 Å². The lowest BCUT2D eigenvalue weighted by Gasteiger charge is -2.23. The van der Waals surface area contributed by atoms with Crippen LogP contribution in [0.3, 0.4) is 0 Å². The molecule has 0 radical (unpaired) electrons. The van der Waals surface area contributed by atoms with Crippen molar-refractivity contribution in [1.29, 1.82) is 0 Å². The number of carboxylic acid groups (broad SMARTS) is 1. The van der Waals surface area contributed by atoms with Gasteiger partial charge in [-0.3, -0.25) is 0 Å². The summed E-state index contributed by atoms with van der Waals surface area (Å²) >= 11 is 0. The number of nitrogens with zero attached hydrogens (tertiary/aromatic N) is 2. The number of fused-ring (bicyclic) bond motifs is 1. The van der Waals surface area contributed by atoms with Gasteiger partial charge >= 0.3 is 13.1 Å². The number of carbonyl (C=O) groups is 1. The fraction of sp³-hybridized carbons (Fsp3) is 0.111. The summed E-state index contributed by atoms with van der Waals surface area (Å²) < 4.78 is 0. The van der Waals surface area contributed by atoms with Crippen molar-refractivity contribution in [1.82, 2.24) is 4.92 Å². The summed E-state index contributed by atoms with van der Waals surface area (Å²) in [4.78, 5) is 11.3. The van der Waals surface area contributed by atoms with Crippen molar-refractivity contribution < 1.29 is 20.0 Å². The third kappa shape index (κ3) is 1.41. The summed E-state index contributed by atoms with van der Waals surface area (Å²) in [6.45, 7) is 1.61. The molecule has 1 heterocycles. The molecule has 0 aliphatic carbocycles. The van der Waals surface area contributed by atoms with Gasteiger partial charge in [0.25, 0.3) is 0 Å². The number of aromatic hydroxyl groups is 1. The van der Waals surface area contributed by atoms with Crippen molar-refractivity contribution in [2.75, 3.05) is 0 Å². The molecule has 1 aromatic carbocycles. The van der Waals surface area contributed by atoms with Gasteiger partial charge in [0.1, 0.15) is 5.75 Å². The van der Waals surface area contributed by atoms with E-state index in [4.69, 9.17) is 5.11 Å². The van der Waals surface area contributed by atoms with E-state index in [1.54, 1.807) is 13.0 Å². The summed E-state index contributed by atoms with van der Waals surface area (Å²) in [5, 5.41) is 31.7. The van der Waals surface area contributed by atoms with Crippen LogP contribution in [0.5, 0.6) is 5.75 Å². The normalized spacial score (nSPS) is 13.9.